The van der Waals surface area contributed by atoms with E-state index in [0.29, 0.717) is 22.6 Å². The number of ketones is 1. The number of Topliss-reactive ketones (excluding diaryl/α,β-unsaturated/α-hetero) is 1. The third kappa shape index (κ3) is 5.42. The van der Waals surface area contributed by atoms with Crippen LogP contribution in [0, 0.1) is 0 Å². The van der Waals surface area contributed by atoms with Crippen LogP contribution < -0.4 is 24.3 Å². The molecule has 0 spiro atoms. The summed E-state index contributed by atoms with van der Waals surface area (Å²) in [6, 6.07) is 8.14. The minimum absolute atomic E-state index is 0.0766. The number of aliphatic carboxylic acids is 1. The van der Waals surface area contributed by atoms with Gasteiger partial charge < -0.3 is 34.5 Å². The number of rotatable bonds is 9. The molecule has 1 amide bonds. The van der Waals surface area contributed by atoms with E-state index in [4.69, 9.17) is 24.1 Å². The molecule has 0 aliphatic carbocycles. The summed E-state index contributed by atoms with van der Waals surface area (Å²) in [6.45, 7) is 0.758. The average Bonchev–Trinajstić information content (AvgIpc) is 3.10. The van der Waals surface area contributed by atoms with Crippen molar-refractivity contribution in [3.63, 3.8) is 0 Å². The molecule has 0 unspecified atom stereocenters. The predicted octanol–water partition coefficient (Wildman–Crippen LogP) is 1.65. The first-order chi connectivity index (χ1) is 15.7. The van der Waals surface area contributed by atoms with Crippen molar-refractivity contribution in [1.29, 1.82) is 0 Å². The summed E-state index contributed by atoms with van der Waals surface area (Å²) in [5.74, 6) is -0.753. The van der Waals surface area contributed by atoms with Crippen molar-refractivity contribution in [2.24, 2.45) is 0 Å². The van der Waals surface area contributed by atoms with E-state index >= 15 is 0 Å². The molecule has 0 fully saturated rings. The molecule has 3 rings (SSSR count). The zero-order chi connectivity index (χ0) is 24.1. The quantitative estimate of drug-likeness (QED) is 0.479. The number of fused-ring (bicyclic) bond motifs is 1. The highest BCUT2D eigenvalue weighted by molar-refractivity contribution is 6.14. The van der Waals surface area contributed by atoms with Gasteiger partial charge in [0.1, 0.15) is 23.0 Å². The molecule has 2 atom stereocenters. The van der Waals surface area contributed by atoms with Crippen LogP contribution in [0.3, 0.4) is 0 Å². The lowest BCUT2D eigenvalue weighted by molar-refractivity contribution is -0.145. The number of allylic oxidation sites excluding steroid dienone is 1. The molecule has 0 radical (unpaired) electrons. The van der Waals surface area contributed by atoms with Crippen LogP contribution in [-0.2, 0) is 9.59 Å². The lowest BCUT2D eigenvalue weighted by Crippen LogP contribution is -2.49. The van der Waals surface area contributed by atoms with E-state index in [-0.39, 0.29) is 23.0 Å². The van der Waals surface area contributed by atoms with Crippen LogP contribution in [0.15, 0.2) is 42.2 Å². The SMILES string of the molecule is COc1ccc(OC)c(/C=C2\Oc3cc(OCC(=O)N[C@H](C(=O)O)[C@H](C)O)ccc3C2=O)c1. The highest BCUT2D eigenvalue weighted by atomic mass is 16.5. The van der Waals surface area contributed by atoms with Crippen LogP contribution in [0.1, 0.15) is 22.8 Å². The number of hydrogen-bond acceptors (Lipinski definition) is 8. The van der Waals surface area contributed by atoms with Crippen LogP contribution in [0.2, 0.25) is 0 Å². The number of hydrogen-bond donors (Lipinski definition) is 3. The molecular weight excluding hydrogens is 434 g/mol. The Bertz CT molecular complexity index is 1110. The summed E-state index contributed by atoms with van der Waals surface area (Å²) in [4.78, 5) is 35.8. The number of benzene rings is 2. The normalized spacial score (nSPS) is 15.3. The highest BCUT2D eigenvalue weighted by Crippen LogP contribution is 2.36. The smallest absolute Gasteiger partial charge is 0.328 e. The van der Waals surface area contributed by atoms with E-state index in [9.17, 15) is 19.5 Å². The van der Waals surface area contributed by atoms with Crippen molar-refractivity contribution in [2.75, 3.05) is 20.8 Å². The summed E-state index contributed by atoms with van der Waals surface area (Å²) in [5, 5.41) is 20.6. The topological polar surface area (TPSA) is 141 Å². The van der Waals surface area contributed by atoms with Gasteiger partial charge >= 0.3 is 5.97 Å². The first-order valence-electron chi connectivity index (χ1n) is 9.86. The van der Waals surface area contributed by atoms with Crippen molar-refractivity contribution in [1.82, 2.24) is 5.32 Å². The van der Waals surface area contributed by atoms with E-state index in [2.05, 4.69) is 5.32 Å². The van der Waals surface area contributed by atoms with E-state index in [1.54, 1.807) is 24.3 Å². The molecule has 0 bridgehead atoms. The maximum Gasteiger partial charge on any atom is 0.328 e. The maximum atomic E-state index is 12.7. The maximum absolute atomic E-state index is 12.7. The molecule has 0 aromatic heterocycles. The third-order valence-electron chi connectivity index (χ3n) is 4.80. The van der Waals surface area contributed by atoms with E-state index < -0.39 is 30.6 Å². The number of aliphatic hydroxyl groups excluding tert-OH is 1. The standard InChI is InChI=1S/C23H23NO9/c1-12(25)21(23(28)29)24-20(26)11-32-15-4-6-16-18(10-15)33-19(22(16)27)9-13-8-14(30-2)5-7-17(13)31-3/h4-10,12,21,25H,11H2,1-3H3,(H,24,26)(H,28,29)/b19-9-/t12-,21-/m0/s1. The molecule has 1 aliphatic heterocycles. The second-order valence-electron chi connectivity index (χ2n) is 7.12. The van der Waals surface area contributed by atoms with Gasteiger partial charge in [-0.1, -0.05) is 0 Å². The van der Waals surface area contributed by atoms with Gasteiger partial charge in [0.15, 0.2) is 18.4 Å². The molecule has 1 aliphatic rings. The monoisotopic (exact) mass is 457 g/mol. The number of carbonyl (C=O) groups is 3. The molecule has 0 saturated carbocycles. The number of carboxylic acid groups (broad SMARTS) is 1. The minimum atomic E-state index is -1.46. The largest absolute Gasteiger partial charge is 0.497 e. The van der Waals surface area contributed by atoms with Crippen LogP contribution in [-0.4, -0.2) is 60.8 Å². The van der Waals surface area contributed by atoms with Crippen molar-refractivity contribution in [2.45, 2.75) is 19.1 Å². The Hall–Kier alpha value is -4.05. The molecule has 10 heteroatoms. The van der Waals surface area contributed by atoms with Crippen LogP contribution in [0.5, 0.6) is 23.0 Å². The highest BCUT2D eigenvalue weighted by Gasteiger charge is 2.29. The number of ether oxygens (including phenoxy) is 4. The number of aliphatic hydroxyl groups is 1. The van der Waals surface area contributed by atoms with Gasteiger partial charge in [-0.3, -0.25) is 9.59 Å². The summed E-state index contributed by atoms with van der Waals surface area (Å²) >= 11 is 0. The van der Waals surface area contributed by atoms with Crippen LogP contribution in [0.25, 0.3) is 6.08 Å². The van der Waals surface area contributed by atoms with E-state index in [1.807, 2.05) is 0 Å². The number of nitrogens with one attached hydrogen (secondary N) is 1. The second kappa shape index (κ2) is 10.0. The molecule has 2 aromatic rings. The zero-order valence-electron chi connectivity index (χ0n) is 18.2. The molecule has 2 aromatic carbocycles. The van der Waals surface area contributed by atoms with Gasteiger partial charge in [-0.2, -0.15) is 0 Å². The molecule has 10 nitrogen and oxygen atoms in total. The lowest BCUT2D eigenvalue weighted by Gasteiger charge is -2.17. The van der Waals surface area contributed by atoms with Gasteiger partial charge in [0, 0.05) is 11.6 Å². The fourth-order valence-corrected chi connectivity index (χ4v) is 3.10. The van der Waals surface area contributed by atoms with Crippen molar-refractivity contribution in [3.8, 4) is 23.0 Å². The molecule has 33 heavy (non-hydrogen) atoms. The summed E-state index contributed by atoms with van der Waals surface area (Å²) in [7, 11) is 3.04. The molecular formula is C23H23NO9. The Labute approximate surface area is 189 Å². The summed E-state index contributed by atoms with van der Waals surface area (Å²) in [5.41, 5.74) is 0.909. The fraction of sp³-hybridized carbons (Fsp3) is 0.261. The molecule has 0 saturated heterocycles. The minimum Gasteiger partial charge on any atom is -0.497 e. The van der Waals surface area contributed by atoms with Gasteiger partial charge in [-0.05, 0) is 43.3 Å². The number of methoxy groups -OCH3 is 2. The lowest BCUT2D eigenvalue weighted by atomic mass is 10.1. The second-order valence-corrected chi connectivity index (χ2v) is 7.12. The Balaban J connectivity index is 1.72. The van der Waals surface area contributed by atoms with Crippen LogP contribution >= 0.6 is 0 Å². The fourth-order valence-electron chi connectivity index (χ4n) is 3.10. The summed E-state index contributed by atoms with van der Waals surface area (Å²) in [6.07, 6.45) is 0.263. The van der Waals surface area contributed by atoms with Gasteiger partial charge in [-0.15, -0.1) is 0 Å². The van der Waals surface area contributed by atoms with Crippen molar-refractivity contribution < 1.29 is 43.5 Å². The van der Waals surface area contributed by atoms with E-state index in [1.165, 1.54) is 39.3 Å². The summed E-state index contributed by atoms with van der Waals surface area (Å²) < 4.78 is 21.6. The van der Waals surface area contributed by atoms with Crippen molar-refractivity contribution >= 4 is 23.7 Å². The Morgan fingerprint density at radius 3 is 2.48 bits per heavy atom. The van der Waals surface area contributed by atoms with Gasteiger partial charge in [0.05, 0.1) is 25.9 Å². The van der Waals surface area contributed by atoms with E-state index in [0.717, 1.165) is 0 Å². The molecule has 174 valence electrons. The van der Waals surface area contributed by atoms with Gasteiger partial charge in [-0.25, -0.2) is 4.79 Å². The number of carbonyl (C=O) groups excluding carboxylic acids is 2. The van der Waals surface area contributed by atoms with Crippen LogP contribution in [0.4, 0.5) is 0 Å². The number of amides is 1. The number of carboxylic acids is 1. The Kier molecular flexibility index (Phi) is 7.19. The zero-order valence-corrected chi connectivity index (χ0v) is 18.2. The van der Waals surface area contributed by atoms with Gasteiger partial charge in [0.25, 0.3) is 5.91 Å². The predicted molar refractivity (Wildman–Crippen MR) is 116 cm³/mol. The average molecular weight is 457 g/mol. The van der Waals surface area contributed by atoms with Crippen molar-refractivity contribution in [3.05, 3.63) is 53.3 Å². The van der Waals surface area contributed by atoms with Gasteiger partial charge in [0.2, 0.25) is 5.78 Å². The first-order valence-corrected chi connectivity index (χ1v) is 9.86. The third-order valence-corrected chi connectivity index (χ3v) is 4.80. The first kappa shape index (κ1) is 23.6. The Morgan fingerprint density at radius 2 is 1.85 bits per heavy atom. The molecule has 3 N–H and O–H groups in total. The molecule has 1 heterocycles. The Morgan fingerprint density at radius 1 is 1.12 bits per heavy atom.